The molecular weight excluding hydrogens is 518 g/mol. The normalized spacial score (nSPS) is 14.6. The molecule has 4 aromatic rings. The quantitative estimate of drug-likeness (QED) is 0.224. The molecule has 0 unspecified atom stereocenters. The molecule has 1 aliphatic carbocycles. The molecule has 0 saturated heterocycles. The van der Waals surface area contributed by atoms with Crippen LogP contribution in [-0.2, 0) is 12.7 Å². The first-order chi connectivity index (χ1) is 16.7. The average molecular weight is 546 g/mol. The van der Waals surface area contributed by atoms with Crippen molar-refractivity contribution in [1.82, 2.24) is 0 Å². The third-order valence-electron chi connectivity index (χ3n) is 6.36. The monoisotopic (exact) mass is 544 g/mol. The van der Waals surface area contributed by atoms with E-state index in [0.29, 0.717) is 12.7 Å². The summed E-state index contributed by atoms with van der Waals surface area (Å²) in [6.45, 7) is 12.9. The molecular formula is C30H28Cl2N2Ni. The van der Waals surface area contributed by atoms with Crippen molar-refractivity contribution < 1.29 is 12.7 Å². The van der Waals surface area contributed by atoms with E-state index in [2.05, 4.69) is 102 Å². The van der Waals surface area contributed by atoms with Crippen LogP contribution in [0.1, 0.15) is 44.5 Å². The van der Waals surface area contributed by atoms with E-state index in [1.165, 1.54) is 55.3 Å². The van der Waals surface area contributed by atoms with Crippen LogP contribution < -0.4 is 0 Å². The van der Waals surface area contributed by atoms with Gasteiger partial charge in [0, 0.05) is 16.5 Å². The van der Waals surface area contributed by atoms with E-state index in [9.17, 15) is 0 Å². The first-order valence-corrected chi connectivity index (χ1v) is 14.1. The van der Waals surface area contributed by atoms with E-state index in [1.807, 2.05) is 0 Å². The molecule has 0 bridgehead atoms. The summed E-state index contributed by atoms with van der Waals surface area (Å²) in [7, 11) is 9.40. The van der Waals surface area contributed by atoms with Crippen LogP contribution in [0.4, 0.5) is 11.4 Å². The molecule has 0 heterocycles. The number of halogens is 2. The van der Waals surface area contributed by atoms with Crippen LogP contribution in [0, 0.1) is 41.5 Å². The minimum atomic E-state index is 0.569. The molecule has 0 spiro atoms. The Morgan fingerprint density at radius 1 is 0.571 bits per heavy atom. The summed E-state index contributed by atoms with van der Waals surface area (Å²) in [4.78, 5) is 10.6. The van der Waals surface area contributed by atoms with Crippen molar-refractivity contribution in [3.05, 3.63) is 105 Å². The number of hydrogen-bond donors (Lipinski definition) is 0. The average Bonchev–Trinajstić information content (AvgIpc) is 3.08. The molecule has 5 rings (SSSR count). The summed E-state index contributed by atoms with van der Waals surface area (Å²) in [5, 5.41) is 2.48. The number of rotatable bonds is 2. The zero-order valence-corrected chi connectivity index (χ0v) is 23.2. The van der Waals surface area contributed by atoms with Gasteiger partial charge in [-0.15, -0.1) is 0 Å². The molecule has 35 heavy (non-hydrogen) atoms. The fourth-order valence-corrected chi connectivity index (χ4v) is 5.14. The van der Waals surface area contributed by atoms with Gasteiger partial charge in [-0.1, -0.05) is 71.8 Å². The number of aliphatic imine (C=N–C) groups is 2. The van der Waals surface area contributed by atoms with Gasteiger partial charge in [-0.25, -0.2) is 9.98 Å². The van der Waals surface area contributed by atoms with Crippen LogP contribution in [0.15, 0.2) is 70.6 Å². The molecule has 0 saturated carbocycles. The van der Waals surface area contributed by atoms with E-state index in [-0.39, 0.29) is 0 Å². The van der Waals surface area contributed by atoms with E-state index in [0.717, 1.165) is 22.8 Å². The van der Waals surface area contributed by atoms with Crippen LogP contribution >= 0.6 is 20.4 Å². The number of hydrogen-bond acceptors (Lipinski definition) is 2. The van der Waals surface area contributed by atoms with Crippen molar-refractivity contribution in [2.24, 2.45) is 9.98 Å². The second-order valence-corrected chi connectivity index (χ2v) is 10.8. The first-order valence-electron chi connectivity index (χ1n) is 11.4. The van der Waals surface area contributed by atoms with Crippen molar-refractivity contribution >= 4 is 54.0 Å². The topological polar surface area (TPSA) is 24.7 Å². The molecule has 0 aromatic heterocycles. The minimum absolute atomic E-state index is 0.569. The Balaban J connectivity index is 0.000000917. The van der Waals surface area contributed by atoms with Crippen molar-refractivity contribution in [2.45, 2.75) is 41.5 Å². The fraction of sp³-hybridized carbons (Fsp3) is 0.200. The number of aryl methyl sites for hydroxylation is 6. The summed E-state index contributed by atoms with van der Waals surface area (Å²) in [6, 6.07) is 21.8. The van der Waals surface area contributed by atoms with E-state index < -0.39 is 0 Å². The van der Waals surface area contributed by atoms with Gasteiger partial charge in [0.25, 0.3) is 0 Å². The van der Waals surface area contributed by atoms with Gasteiger partial charge in [-0.3, -0.25) is 0 Å². The molecule has 4 aromatic carbocycles. The van der Waals surface area contributed by atoms with Crippen molar-refractivity contribution in [3.8, 4) is 0 Å². The molecule has 0 radical (unpaired) electrons. The van der Waals surface area contributed by atoms with Crippen molar-refractivity contribution in [1.29, 1.82) is 0 Å². The summed E-state index contributed by atoms with van der Waals surface area (Å²) >= 11 is 0.569. The van der Waals surface area contributed by atoms with Gasteiger partial charge in [0.1, 0.15) is 0 Å². The number of nitrogens with zero attached hydrogens (tertiary/aromatic N) is 2. The Morgan fingerprint density at radius 2 is 0.914 bits per heavy atom. The molecule has 1 aliphatic rings. The SMILES string of the molecule is Cc1cc(C)c(N=C2C(=Nc3c(C)cc(C)cc3C)c3cccc4cccc2c34)c(C)c1.[Cl][Ni][Cl]. The Labute approximate surface area is 222 Å². The predicted molar refractivity (Wildman–Crippen MR) is 149 cm³/mol. The van der Waals surface area contributed by atoms with E-state index in [1.54, 1.807) is 0 Å². The van der Waals surface area contributed by atoms with Gasteiger partial charge in [-0.05, 0) is 69.2 Å². The van der Waals surface area contributed by atoms with Crippen LogP contribution in [0.5, 0.6) is 0 Å². The van der Waals surface area contributed by atoms with Gasteiger partial charge in [0.05, 0.1) is 22.8 Å². The van der Waals surface area contributed by atoms with Gasteiger partial charge >= 0.3 is 33.0 Å². The van der Waals surface area contributed by atoms with Crippen molar-refractivity contribution in [3.63, 3.8) is 0 Å². The standard InChI is InChI=1S/C30H28N2.2ClH.Ni/c1-17-13-19(3)27(20(4)14-17)31-29-24-11-7-9-23-10-8-12-25(26(23)24)30(29)32-28-21(5)15-18(2)16-22(28)6;;;/h7-16H,1-6H3;2*1H;/q;;;+2/p-2. The number of benzene rings is 4. The molecule has 0 fully saturated rings. The van der Waals surface area contributed by atoms with Crippen LogP contribution in [0.3, 0.4) is 0 Å². The van der Waals surface area contributed by atoms with Crippen molar-refractivity contribution in [2.75, 3.05) is 0 Å². The maximum atomic E-state index is 5.28. The molecule has 2 nitrogen and oxygen atoms in total. The van der Waals surface area contributed by atoms with E-state index >= 15 is 0 Å². The van der Waals surface area contributed by atoms with Gasteiger partial charge in [0.15, 0.2) is 0 Å². The zero-order valence-electron chi connectivity index (χ0n) is 20.7. The second kappa shape index (κ2) is 10.7. The Hall–Kier alpha value is -2.45. The van der Waals surface area contributed by atoms with Gasteiger partial charge in [-0.2, -0.15) is 0 Å². The molecule has 0 amide bonds. The zero-order chi connectivity index (χ0) is 25.3. The fourth-order valence-electron chi connectivity index (χ4n) is 5.14. The Kier molecular flexibility index (Phi) is 7.81. The molecule has 0 N–H and O–H groups in total. The maximum absolute atomic E-state index is 5.28. The third kappa shape index (κ3) is 5.09. The predicted octanol–water partition coefficient (Wildman–Crippen LogP) is 9.32. The Bertz CT molecular complexity index is 1350. The van der Waals surface area contributed by atoms with Gasteiger partial charge in [0.2, 0.25) is 0 Å². The van der Waals surface area contributed by atoms with Crippen LogP contribution in [0.2, 0.25) is 0 Å². The van der Waals surface area contributed by atoms with Crippen LogP contribution in [0.25, 0.3) is 10.8 Å². The summed E-state index contributed by atoms with van der Waals surface area (Å²) < 4.78 is 0. The molecule has 0 aliphatic heterocycles. The molecule has 0 atom stereocenters. The summed E-state index contributed by atoms with van der Waals surface area (Å²) in [5.74, 6) is 0. The summed E-state index contributed by atoms with van der Waals surface area (Å²) in [6.07, 6.45) is 0. The van der Waals surface area contributed by atoms with E-state index in [4.69, 9.17) is 30.4 Å². The summed E-state index contributed by atoms with van der Waals surface area (Å²) in [5.41, 5.74) is 13.7. The van der Waals surface area contributed by atoms with Crippen LogP contribution in [-0.4, -0.2) is 11.4 Å². The Morgan fingerprint density at radius 3 is 1.26 bits per heavy atom. The third-order valence-corrected chi connectivity index (χ3v) is 6.36. The van der Waals surface area contributed by atoms with Gasteiger partial charge < -0.3 is 0 Å². The second-order valence-electron chi connectivity index (χ2n) is 9.17. The molecule has 5 heteroatoms. The first kappa shape index (κ1) is 25.6. The molecule has 182 valence electrons.